The van der Waals surface area contributed by atoms with Crippen LogP contribution in [0.15, 0.2) is 11.1 Å². The topological polar surface area (TPSA) is 29.9 Å². The number of aromatic nitrogens is 2. The lowest BCUT2D eigenvalue weighted by molar-refractivity contribution is 0.530. The van der Waals surface area contributed by atoms with Gasteiger partial charge in [0.05, 0.1) is 10.7 Å². The molecule has 0 spiro atoms. The molecule has 2 rings (SSSR count). The lowest BCUT2D eigenvalue weighted by Crippen LogP contribution is -2.34. The summed E-state index contributed by atoms with van der Waals surface area (Å²) in [6.07, 6.45) is 5.24. The molecule has 1 heterocycles. The maximum atomic E-state index is 4.42. The van der Waals surface area contributed by atoms with E-state index in [1.807, 2.05) is 23.5 Å². The molecule has 1 saturated carbocycles. The van der Waals surface area contributed by atoms with Gasteiger partial charge in [0.2, 0.25) is 0 Å². The molecule has 0 amide bonds. The normalized spacial score (nSPS) is 24.4. The average Bonchev–Trinajstić information content (AvgIpc) is 2.84. The number of aryl methyl sites for hydroxylation is 2. The van der Waals surface area contributed by atoms with Crippen LogP contribution in [0.1, 0.15) is 38.3 Å². The molecule has 17 heavy (non-hydrogen) atoms. The molecule has 1 aromatic heterocycles. The highest BCUT2D eigenvalue weighted by Gasteiger charge is 2.28. The van der Waals surface area contributed by atoms with Gasteiger partial charge in [-0.15, -0.1) is 11.8 Å². The van der Waals surface area contributed by atoms with E-state index in [0.717, 1.165) is 17.5 Å². The van der Waals surface area contributed by atoms with E-state index < -0.39 is 0 Å². The van der Waals surface area contributed by atoms with Crippen molar-refractivity contribution in [2.45, 2.75) is 55.8 Å². The smallest absolute Gasteiger partial charge is 0.0942 e. The predicted molar refractivity (Wildman–Crippen MR) is 73.5 cm³/mol. The van der Waals surface area contributed by atoms with Gasteiger partial charge in [0.25, 0.3) is 0 Å². The number of nitrogens with zero attached hydrogens (tertiary/aromatic N) is 2. The zero-order valence-corrected chi connectivity index (χ0v) is 11.9. The van der Waals surface area contributed by atoms with E-state index in [-0.39, 0.29) is 0 Å². The van der Waals surface area contributed by atoms with Gasteiger partial charge in [-0.3, -0.25) is 4.68 Å². The van der Waals surface area contributed by atoms with E-state index in [0.29, 0.717) is 6.04 Å². The zero-order valence-electron chi connectivity index (χ0n) is 11.1. The van der Waals surface area contributed by atoms with Crippen molar-refractivity contribution >= 4 is 11.8 Å². The number of nitrogens with one attached hydrogen (secondary N) is 1. The second-order valence-electron chi connectivity index (χ2n) is 4.90. The van der Waals surface area contributed by atoms with Crippen LogP contribution in [0, 0.1) is 6.92 Å². The highest BCUT2D eigenvalue weighted by atomic mass is 32.2. The van der Waals surface area contributed by atoms with Gasteiger partial charge in [0, 0.05) is 18.3 Å². The SMILES string of the molecule is CCCNC1CCCC1Sc1cc(C)nn1C. The Morgan fingerprint density at radius 1 is 1.53 bits per heavy atom. The van der Waals surface area contributed by atoms with Crippen LogP contribution in [-0.4, -0.2) is 27.6 Å². The standard InChI is InChI=1S/C13H23N3S/c1-4-8-14-11-6-5-7-12(11)17-13-9-10(2)15-16(13)3/h9,11-12,14H,4-8H2,1-3H3. The van der Waals surface area contributed by atoms with E-state index in [1.54, 1.807) is 0 Å². The van der Waals surface area contributed by atoms with Gasteiger partial charge in [-0.1, -0.05) is 13.3 Å². The Kier molecular flexibility index (Phi) is 4.51. The molecule has 1 fully saturated rings. The van der Waals surface area contributed by atoms with Gasteiger partial charge < -0.3 is 5.32 Å². The van der Waals surface area contributed by atoms with Crippen molar-refractivity contribution in [3.63, 3.8) is 0 Å². The molecule has 0 saturated heterocycles. The maximum absolute atomic E-state index is 4.42. The molecule has 0 aliphatic heterocycles. The second-order valence-corrected chi connectivity index (χ2v) is 6.15. The Hall–Kier alpha value is -0.480. The lowest BCUT2D eigenvalue weighted by Gasteiger charge is -2.20. The molecule has 2 atom stereocenters. The summed E-state index contributed by atoms with van der Waals surface area (Å²) in [6.45, 7) is 5.44. The summed E-state index contributed by atoms with van der Waals surface area (Å²) in [7, 11) is 2.04. The zero-order chi connectivity index (χ0) is 12.3. The summed E-state index contributed by atoms with van der Waals surface area (Å²) in [4.78, 5) is 0. The Morgan fingerprint density at radius 2 is 2.35 bits per heavy atom. The first-order valence-corrected chi connectivity index (χ1v) is 7.49. The van der Waals surface area contributed by atoms with Crippen LogP contribution in [0.3, 0.4) is 0 Å². The summed E-state index contributed by atoms with van der Waals surface area (Å²) < 4.78 is 2.01. The van der Waals surface area contributed by atoms with Gasteiger partial charge in [-0.25, -0.2) is 0 Å². The summed E-state index contributed by atoms with van der Waals surface area (Å²) in [6, 6.07) is 2.88. The third-order valence-electron chi connectivity index (χ3n) is 3.34. The molecule has 0 bridgehead atoms. The van der Waals surface area contributed by atoms with E-state index in [2.05, 4.69) is 30.3 Å². The number of thioether (sulfide) groups is 1. The monoisotopic (exact) mass is 253 g/mol. The lowest BCUT2D eigenvalue weighted by atomic mass is 10.2. The third kappa shape index (κ3) is 3.26. The van der Waals surface area contributed by atoms with Crippen LogP contribution in [0.4, 0.5) is 0 Å². The number of rotatable bonds is 5. The Morgan fingerprint density at radius 3 is 3.00 bits per heavy atom. The van der Waals surface area contributed by atoms with Crippen molar-refractivity contribution in [3.05, 3.63) is 11.8 Å². The van der Waals surface area contributed by atoms with E-state index >= 15 is 0 Å². The molecule has 1 aromatic rings. The first-order chi connectivity index (χ1) is 8.20. The van der Waals surface area contributed by atoms with Gasteiger partial charge in [0.15, 0.2) is 0 Å². The molecule has 4 heteroatoms. The molecular formula is C13H23N3S. The van der Waals surface area contributed by atoms with Crippen LogP contribution < -0.4 is 5.32 Å². The molecule has 1 aliphatic carbocycles. The van der Waals surface area contributed by atoms with E-state index in [1.165, 1.54) is 30.7 Å². The van der Waals surface area contributed by atoms with Crippen LogP contribution in [0.25, 0.3) is 0 Å². The summed E-state index contributed by atoms with van der Waals surface area (Å²) in [5, 5.41) is 10.1. The molecular weight excluding hydrogens is 230 g/mol. The average molecular weight is 253 g/mol. The molecule has 1 N–H and O–H groups in total. The second kappa shape index (κ2) is 5.91. The van der Waals surface area contributed by atoms with Gasteiger partial charge in [0.1, 0.15) is 0 Å². The van der Waals surface area contributed by atoms with Crippen LogP contribution >= 0.6 is 11.8 Å². The van der Waals surface area contributed by atoms with E-state index in [9.17, 15) is 0 Å². The minimum absolute atomic E-state index is 0.690. The highest BCUT2D eigenvalue weighted by Crippen LogP contribution is 2.35. The molecule has 0 aromatic carbocycles. The highest BCUT2D eigenvalue weighted by molar-refractivity contribution is 7.99. The van der Waals surface area contributed by atoms with Crippen LogP contribution in [0.2, 0.25) is 0 Å². The maximum Gasteiger partial charge on any atom is 0.0942 e. The minimum Gasteiger partial charge on any atom is -0.313 e. The fourth-order valence-electron chi connectivity index (χ4n) is 2.48. The van der Waals surface area contributed by atoms with Crippen molar-refractivity contribution in [1.82, 2.24) is 15.1 Å². The van der Waals surface area contributed by atoms with Gasteiger partial charge in [-0.05, 0) is 38.8 Å². The van der Waals surface area contributed by atoms with Gasteiger partial charge in [-0.2, -0.15) is 5.10 Å². The molecule has 0 radical (unpaired) electrons. The summed E-state index contributed by atoms with van der Waals surface area (Å²) in [5.74, 6) is 0. The Bertz CT molecular complexity index is 362. The molecule has 3 nitrogen and oxygen atoms in total. The van der Waals surface area contributed by atoms with Crippen molar-refractivity contribution < 1.29 is 0 Å². The molecule has 96 valence electrons. The van der Waals surface area contributed by atoms with Crippen LogP contribution in [-0.2, 0) is 7.05 Å². The van der Waals surface area contributed by atoms with Crippen molar-refractivity contribution in [2.75, 3.05) is 6.54 Å². The van der Waals surface area contributed by atoms with E-state index in [4.69, 9.17) is 0 Å². The fourth-order valence-corrected chi connectivity index (χ4v) is 3.91. The fraction of sp³-hybridized carbons (Fsp3) is 0.769. The molecule has 1 aliphatic rings. The number of hydrogen-bond donors (Lipinski definition) is 1. The van der Waals surface area contributed by atoms with Gasteiger partial charge >= 0.3 is 0 Å². The summed E-state index contributed by atoms with van der Waals surface area (Å²) >= 11 is 2.00. The Balaban J connectivity index is 1.95. The van der Waals surface area contributed by atoms with Crippen molar-refractivity contribution in [1.29, 1.82) is 0 Å². The van der Waals surface area contributed by atoms with Crippen molar-refractivity contribution in [3.8, 4) is 0 Å². The first-order valence-electron chi connectivity index (χ1n) is 6.61. The number of hydrogen-bond acceptors (Lipinski definition) is 3. The van der Waals surface area contributed by atoms with Crippen molar-refractivity contribution in [2.24, 2.45) is 7.05 Å². The summed E-state index contributed by atoms with van der Waals surface area (Å²) in [5.41, 5.74) is 1.12. The first kappa shape index (κ1) is 13.0. The largest absolute Gasteiger partial charge is 0.313 e. The quantitative estimate of drug-likeness (QED) is 0.875. The Labute approximate surface area is 108 Å². The minimum atomic E-state index is 0.690. The predicted octanol–water partition coefficient (Wildman–Crippen LogP) is 2.74. The third-order valence-corrected chi connectivity index (χ3v) is 4.83. The van der Waals surface area contributed by atoms with Crippen LogP contribution in [0.5, 0.6) is 0 Å². The molecule has 2 unspecified atom stereocenters.